The van der Waals surface area contributed by atoms with Crippen molar-refractivity contribution in [1.82, 2.24) is 10.6 Å². The second-order valence-corrected chi connectivity index (χ2v) is 9.49. The zero-order valence-electron chi connectivity index (χ0n) is 19.7. The van der Waals surface area contributed by atoms with E-state index in [0.29, 0.717) is 19.3 Å². The molecule has 1 fully saturated rings. The minimum atomic E-state index is -1.04. The Balaban J connectivity index is 1.36. The fourth-order valence-electron chi connectivity index (χ4n) is 4.96. The van der Waals surface area contributed by atoms with Gasteiger partial charge < -0.3 is 20.5 Å². The number of fused-ring (bicyclic) bond motifs is 3. The first kappa shape index (κ1) is 23.8. The third-order valence-electron chi connectivity index (χ3n) is 7.47. The summed E-state index contributed by atoms with van der Waals surface area (Å²) < 4.78 is 5.58. The Labute approximate surface area is 199 Å². The molecule has 180 valence electrons. The molecule has 7 heteroatoms. The van der Waals surface area contributed by atoms with Gasteiger partial charge in [0.05, 0.1) is 5.41 Å². The maximum atomic E-state index is 13.0. The minimum Gasteiger partial charge on any atom is -0.480 e. The van der Waals surface area contributed by atoms with Gasteiger partial charge in [-0.3, -0.25) is 4.79 Å². The lowest BCUT2D eigenvalue weighted by Gasteiger charge is -2.41. The summed E-state index contributed by atoms with van der Waals surface area (Å²) in [5, 5.41) is 15.0. The van der Waals surface area contributed by atoms with E-state index in [1.54, 1.807) is 6.92 Å². The highest BCUT2D eigenvalue weighted by Crippen LogP contribution is 2.44. The SMILES string of the molecule is CC[C@H](C)[C@H](NC(=O)C1(CNC(=O)OCC2c3ccccc3-c3ccccc32)CCC1)C(=O)O. The van der Waals surface area contributed by atoms with Crippen molar-refractivity contribution in [3.8, 4) is 11.1 Å². The molecule has 2 aliphatic carbocycles. The average molecular weight is 465 g/mol. The highest BCUT2D eigenvalue weighted by atomic mass is 16.5. The number of hydrogen-bond acceptors (Lipinski definition) is 4. The summed E-state index contributed by atoms with van der Waals surface area (Å²) >= 11 is 0. The number of carboxylic acids is 1. The number of alkyl carbamates (subject to hydrolysis) is 1. The molecule has 0 radical (unpaired) electrons. The van der Waals surface area contributed by atoms with Gasteiger partial charge in [0.25, 0.3) is 0 Å². The van der Waals surface area contributed by atoms with Gasteiger partial charge in [-0.1, -0.05) is 75.2 Å². The van der Waals surface area contributed by atoms with Crippen molar-refractivity contribution in [1.29, 1.82) is 0 Å². The number of aliphatic carboxylic acids is 1. The fraction of sp³-hybridized carbons (Fsp3) is 0.444. The van der Waals surface area contributed by atoms with Crippen LogP contribution in [-0.2, 0) is 14.3 Å². The molecule has 0 aliphatic heterocycles. The molecule has 3 N–H and O–H groups in total. The first-order valence-corrected chi connectivity index (χ1v) is 12.0. The van der Waals surface area contributed by atoms with Crippen LogP contribution in [0.5, 0.6) is 0 Å². The number of amides is 2. The lowest BCUT2D eigenvalue weighted by molar-refractivity contribution is -0.147. The number of carbonyl (C=O) groups is 3. The molecule has 0 spiro atoms. The Morgan fingerprint density at radius 3 is 2.15 bits per heavy atom. The van der Waals surface area contributed by atoms with Crippen molar-refractivity contribution < 1.29 is 24.2 Å². The summed E-state index contributed by atoms with van der Waals surface area (Å²) in [5.41, 5.74) is 3.80. The molecule has 7 nitrogen and oxygen atoms in total. The van der Waals surface area contributed by atoms with Gasteiger partial charge in [0.15, 0.2) is 0 Å². The molecule has 0 saturated heterocycles. The molecule has 0 bridgehead atoms. The number of carboxylic acid groups (broad SMARTS) is 1. The van der Waals surface area contributed by atoms with Gasteiger partial charge in [-0.25, -0.2) is 9.59 Å². The van der Waals surface area contributed by atoms with Gasteiger partial charge in [0.1, 0.15) is 12.6 Å². The van der Waals surface area contributed by atoms with Crippen LogP contribution in [0, 0.1) is 11.3 Å². The number of nitrogens with one attached hydrogen (secondary N) is 2. The third-order valence-corrected chi connectivity index (χ3v) is 7.47. The Morgan fingerprint density at radius 2 is 1.65 bits per heavy atom. The van der Waals surface area contributed by atoms with Crippen LogP contribution in [0.25, 0.3) is 11.1 Å². The highest BCUT2D eigenvalue weighted by molar-refractivity contribution is 5.89. The molecule has 4 rings (SSSR count). The lowest BCUT2D eigenvalue weighted by Crippen LogP contribution is -2.57. The number of carbonyl (C=O) groups excluding carboxylic acids is 2. The van der Waals surface area contributed by atoms with Crippen LogP contribution >= 0.6 is 0 Å². The van der Waals surface area contributed by atoms with Crippen molar-refractivity contribution in [3.05, 3.63) is 59.7 Å². The Morgan fingerprint density at radius 1 is 1.06 bits per heavy atom. The first-order valence-electron chi connectivity index (χ1n) is 12.0. The Bertz CT molecular complexity index is 1030. The van der Waals surface area contributed by atoms with Crippen LogP contribution in [0.4, 0.5) is 4.79 Å². The second-order valence-electron chi connectivity index (χ2n) is 9.49. The van der Waals surface area contributed by atoms with Gasteiger partial charge in [-0.15, -0.1) is 0 Å². The van der Waals surface area contributed by atoms with Gasteiger partial charge in [-0.05, 0) is 41.0 Å². The molecule has 2 aromatic rings. The van der Waals surface area contributed by atoms with Crippen molar-refractivity contribution >= 4 is 18.0 Å². The number of ether oxygens (including phenoxy) is 1. The largest absolute Gasteiger partial charge is 0.480 e. The average Bonchev–Trinajstić information content (AvgIpc) is 3.13. The van der Waals surface area contributed by atoms with E-state index in [2.05, 4.69) is 34.9 Å². The molecular weight excluding hydrogens is 432 g/mol. The summed E-state index contributed by atoms with van der Waals surface area (Å²) in [6.45, 7) is 4.03. The third kappa shape index (κ3) is 4.52. The van der Waals surface area contributed by atoms with E-state index in [0.717, 1.165) is 28.7 Å². The van der Waals surface area contributed by atoms with E-state index in [-0.39, 0.29) is 30.9 Å². The van der Waals surface area contributed by atoms with Gasteiger partial charge in [0, 0.05) is 12.5 Å². The lowest BCUT2D eigenvalue weighted by atomic mass is 9.67. The summed E-state index contributed by atoms with van der Waals surface area (Å²) in [4.78, 5) is 37.1. The number of hydrogen-bond donors (Lipinski definition) is 3. The van der Waals surface area contributed by atoms with Crippen LogP contribution in [0.1, 0.15) is 56.6 Å². The second kappa shape index (κ2) is 9.87. The summed E-state index contributed by atoms with van der Waals surface area (Å²) in [7, 11) is 0. The van der Waals surface area contributed by atoms with Crippen LogP contribution in [-0.4, -0.2) is 42.3 Å². The molecule has 2 atom stereocenters. The molecular formula is C27H32N2O5. The molecule has 2 aliphatic rings. The van der Waals surface area contributed by atoms with E-state index in [1.165, 1.54) is 0 Å². The van der Waals surface area contributed by atoms with Crippen LogP contribution in [0.2, 0.25) is 0 Å². The molecule has 0 unspecified atom stereocenters. The van der Waals surface area contributed by atoms with E-state index in [9.17, 15) is 19.5 Å². The van der Waals surface area contributed by atoms with Crippen molar-refractivity contribution in [3.63, 3.8) is 0 Å². The zero-order chi connectivity index (χ0) is 24.3. The highest BCUT2D eigenvalue weighted by Gasteiger charge is 2.46. The topological polar surface area (TPSA) is 105 Å². The van der Waals surface area contributed by atoms with E-state index in [4.69, 9.17) is 4.74 Å². The molecule has 2 amide bonds. The summed E-state index contributed by atoms with van der Waals surface area (Å²) in [5.74, 6) is -1.58. The fourth-order valence-corrected chi connectivity index (χ4v) is 4.96. The van der Waals surface area contributed by atoms with Crippen molar-refractivity contribution in [2.45, 2.75) is 51.5 Å². The summed E-state index contributed by atoms with van der Waals surface area (Å²) in [6, 6.07) is 15.3. The molecule has 1 saturated carbocycles. The zero-order valence-corrected chi connectivity index (χ0v) is 19.7. The number of rotatable bonds is 9. The van der Waals surface area contributed by atoms with Gasteiger partial charge in [0.2, 0.25) is 5.91 Å². The Hall–Kier alpha value is -3.35. The summed E-state index contributed by atoms with van der Waals surface area (Å²) in [6.07, 6.45) is 2.14. The maximum absolute atomic E-state index is 13.0. The van der Waals surface area contributed by atoms with Gasteiger partial charge in [-0.2, -0.15) is 0 Å². The quantitative estimate of drug-likeness (QED) is 0.513. The molecule has 0 heterocycles. The predicted molar refractivity (Wildman–Crippen MR) is 128 cm³/mol. The van der Waals surface area contributed by atoms with Crippen molar-refractivity contribution in [2.24, 2.45) is 11.3 Å². The molecule has 2 aromatic carbocycles. The van der Waals surface area contributed by atoms with Crippen molar-refractivity contribution in [2.75, 3.05) is 13.2 Å². The van der Waals surface area contributed by atoms with E-state index in [1.807, 2.05) is 31.2 Å². The Kier molecular flexibility index (Phi) is 6.91. The minimum absolute atomic E-state index is 0.0361. The predicted octanol–water partition coefficient (Wildman–Crippen LogP) is 4.31. The van der Waals surface area contributed by atoms with E-state index < -0.39 is 23.5 Å². The van der Waals surface area contributed by atoms with Crippen LogP contribution in [0.15, 0.2) is 48.5 Å². The maximum Gasteiger partial charge on any atom is 0.407 e. The normalized spacial score (nSPS) is 17.5. The smallest absolute Gasteiger partial charge is 0.407 e. The monoisotopic (exact) mass is 464 g/mol. The standard InChI is InChI=1S/C27H32N2O5/c1-3-17(2)23(24(30)31)29-25(32)27(13-8-14-27)16-28-26(33)34-15-22-20-11-6-4-9-18(20)19-10-5-7-12-21(19)22/h4-7,9-12,17,22-23H,3,8,13-16H2,1-2H3,(H,28,33)(H,29,32)(H,30,31)/t17-,23-/m0/s1. The van der Waals surface area contributed by atoms with Crippen LogP contribution < -0.4 is 10.6 Å². The first-order chi connectivity index (χ1) is 16.4. The van der Waals surface area contributed by atoms with Gasteiger partial charge >= 0.3 is 12.1 Å². The van der Waals surface area contributed by atoms with E-state index >= 15 is 0 Å². The molecule has 0 aromatic heterocycles. The van der Waals surface area contributed by atoms with Crippen LogP contribution in [0.3, 0.4) is 0 Å². The number of benzene rings is 2. The molecule has 34 heavy (non-hydrogen) atoms.